The van der Waals surface area contributed by atoms with E-state index in [1.54, 1.807) is 12.5 Å². The number of amides is 1. The predicted molar refractivity (Wildman–Crippen MR) is 87.8 cm³/mol. The lowest BCUT2D eigenvalue weighted by atomic mass is 10.0. The minimum absolute atomic E-state index is 0.0783. The van der Waals surface area contributed by atoms with Crippen molar-refractivity contribution in [3.63, 3.8) is 0 Å². The van der Waals surface area contributed by atoms with Crippen LogP contribution in [0.1, 0.15) is 16.1 Å². The van der Waals surface area contributed by atoms with Gasteiger partial charge in [0.1, 0.15) is 5.69 Å². The first-order valence-corrected chi connectivity index (χ1v) is 8.22. The summed E-state index contributed by atoms with van der Waals surface area (Å²) < 4.78 is 1.83. The number of nitrogens with zero attached hydrogens (tertiary/aromatic N) is 4. The molecular formula is C18H22N4O. The van der Waals surface area contributed by atoms with E-state index in [1.807, 2.05) is 16.5 Å². The van der Waals surface area contributed by atoms with Crippen molar-refractivity contribution in [3.8, 4) is 0 Å². The van der Waals surface area contributed by atoms with Crippen LogP contribution in [0.15, 0.2) is 42.9 Å². The Bertz CT molecular complexity index is 682. The Labute approximate surface area is 136 Å². The molecule has 0 radical (unpaired) electrons. The van der Waals surface area contributed by atoms with E-state index >= 15 is 0 Å². The Morgan fingerprint density at radius 3 is 2.43 bits per heavy atom. The molecule has 2 saturated heterocycles. The van der Waals surface area contributed by atoms with Crippen LogP contribution in [-0.4, -0.2) is 51.4 Å². The van der Waals surface area contributed by atoms with E-state index in [9.17, 15) is 4.79 Å². The summed E-state index contributed by atoms with van der Waals surface area (Å²) >= 11 is 0. The van der Waals surface area contributed by atoms with E-state index in [-0.39, 0.29) is 5.91 Å². The summed E-state index contributed by atoms with van der Waals surface area (Å²) in [4.78, 5) is 21.2. The van der Waals surface area contributed by atoms with Crippen molar-refractivity contribution in [2.45, 2.75) is 6.54 Å². The second-order valence-electron chi connectivity index (χ2n) is 6.83. The molecule has 2 fully saturated rings. The number of likely N-dealkylation sites (tertiary alicyclic amines) is 2. The molecule has 5 heteroatoms. The van der Waals surface area contributed by atoms with Gasteiger partial charge in [-0.05, 0) is 17.4 Å². The predicted octanol–water partition coefficient (Wildman–Crippen LogP) is 1.62. The van der Waals surface area contributed by atoms with E-state index in [0.717, 1.165) is 32.7 Å². The highest BCUT2D eigenvalue weighted by molar-refractivity contribution is 5.92. The summed E-state index contributed by atoms with van der Waals surface area (Å²) in [5.74, 6) is 1.28. The lowest BCUT2D eigenvalue weighted by Crippen LogP contribution is -2.33. The number of hydrogen-bond acceptors (Lipinski definition) is 3. The topological polar surface area (TPSA) is 41.4 Å². The van der Waals surface area contributed by atoms with Crippen molar-refractivity contribution in [3.05, 3.63) is 54.1 Å². The van der Waals surface area contributed by atoms with Crippen LogP contribution in [0, 0.1) is 11.8 Å². The fraction of sp³-hybridized carbons (Fsp3) is 0.444. The first kappa shape index (κ1) is 14.5. The van der Waals surface area contributed by atoms with Crippen molar-refractivity contribution in [1.29, 1.82) is 0 Å². The number of aromatic nitrogens is 2. The molecule has 4 rings (SSSR count). The molecule has 0 unspecified atom stereocenters. The van der Waals surface area contributed by atoms with Gasteiger partial charge in [0.25, 0.3) is 5.91 Å². The Hall–Kier alpha value is -2.14. The number of carbonyl (C=O) groups excluding carboxylic acids is 1. The summed E-state index contributed by atoms with van der Waals surface area (Å²) in [5, 5.41) is 0. The van der Waals surface area contributed by atoms with Gasteiger partial charge in [0.05, 0.1) is 6.33 Å². The molecule has 120 valence electrons. The van der Waals surface area contributed by atoms with Crippen LogP contribution in [0.4, 0.5) is 0 Å². The van der Waals surface area contributed by atoms with Crippen LogP contribution in [0.25, 0.3) is 0 Å². The normalized spacial score (nSPS) is 24.1. The van der Waals surface area contributed by atoms with Crippen LogP contribution >= 0.6 is 0 Å². The number of carbonyl (C=O) groups is 1. The zero-order chi connectivity index (χ0) is 15.8. The summed E-state index contributed by atoms with van der Waals surface area (Å²) in [7, 11) is 1.89. The van der Waals surface area contributed by atoms with Crippen LogP contribution in [0.5, 0.6) is 0 Å². The maximum absolute atomic E-state index is 12.5. The van der Waals surface area contributed by atoms with E-state index in [2.05, 4.69) is 40.2 Å². The van der Waals surface area contributed by atoms with Gasteiger partial charge >= 0.3 is 0 Å². The van der Waals surface area contributed by atoms with E-state index in [1.165, 1.54) is 5.56 Å². The zero-order valence-electron chi connectivity index (χ0n) is 13.4. The van der Waals surface area contributed by atoms with Gasteiger partial charge in [0.2, 0.25) is 0 Å². The standard InChI is InChI=1S/C18H22N4O/c1-20-12-17(19-13-20)18(23)22-10-15-8-21(9-16(15)11-22)7-14-5-3-2-4-6-14/h2-6,12-13,15-16H,7-11H2,1H3/t15-,16-/m0/s1. The Balaban J connectivity index is 1.36. The number of rotatable bonds is 3. The molecule has 0 N–H and O–H groups in total. The fourth-order valence-electron chi connectivity index (χ4n) is 3.91. The largest absolute Gasteiger partial charge is 0.340 e. The van der Waals surface area contributed by atoms with Gasteiger partial charge in [0.15, 0.2) is 0 Å². The monoisotopic (exact) mass is 310 g/mol. The lowest BCUT2D eigenvalue weighted by Gasteiger charge is -2.21. The van der Waals surface area contributed by atoms with Gasteiger partial charge < -0.3 is 9.47 Å². The Kier molecular flexibility index (Phi) is 3.65. The first-order valence-electron chi connectivity index (χ1n) is 8.22. The third-order valence-electron chi connectivity index (χ3n) is 5.02. The highest BCUT2D eigenvalue weighted by Crippen LogP contribution is 2.32. The number of fused-ring (bicyclic) bond motifs is 1. The minimum Gasteiger partial charge on any atom is -0.340 e. The molecule has 0 saturated carbocycles. The number of benzene rings is 1. The molecule has 2 aliphatic rings. The second-order valence-corrected chi connectivity index (χ2v) is 6.83. The molecule has 2 aromatic rings. The molecule has 1 aromatic heterocycles. The molecule has 0 aliphatic carbocycles. The molecule has 0 spiro atoms. The lowest BCUT2D eigenvalue weighted by molar-refractivity contribution is 0.0768. The van der Waals surface area contributed by atoms with Crippen molar-refractivity contribution < 1.29 is 4.79 Å². The molecule has 1 aromatic carbocycles. The molecule has 2 atom stereocenters. The van der Waals surface area contributed by atoms with Gasteiger partial charge in [-0.2, -0.15) is 0 Å². The summed E-state index contributed by atoms with van der Waals surface area (Å²) in [6.45, 7) is 4.93. The third-order valence-corrected chi connectivity index (χ3v) is 5.02. The number of hydrogen-bond donors (Lipinski definition) is 0. The van der Waals surface area contributed by atoms with Crippen LogP contribution in [0.2, 0.25) is 0 Å². The van der Waals surface area contributed by atoms with Crippen molar-refractivity contribution in [2.75, 3.05) is 26.2 Å². The van der Waals surface area contributed by atoms with E-state index < -0.39 is 0 Å². The summed E-state index contributed by atoms with van der Waals surface area (Å²) in [5.41, 5.74) is 1.93. The maximum Gasteiger partial charge on any atom is 0.274 e. The van der Waals surface area contributed by atoms with Crippen LogP contribution in [0.3, 0.4) is 0 Å². The summed E-state index contributed by atoms with van der Waals surface area (Å²) in [6.07, 6.45) is 3.49. The minimum atomic E-state index is 0.0783. The Morgan fingerprint density at radius 2 is 1.83 bits per heavy atom. The van der Waals surface area contributed by atoms with Gasteiger partial charge in [-0.15, -0.1) is 0 Å². The van der Waals surface area contributed by atoms with Gasteiger partial charge in [-0.25, -0.2) is 4.98 Å². The molecule has 23 heavy (non-hydrogen) atoms. The molecule has 0 bridgehead atoms. The third kappa shape index (κ3) is 2.88. The number of aryl methyl sites for hydroxylation is 1. The smallest absolute Gasteiger partial charge is 0.274 e. The Morgan fingerprint density at radius 1 is 1.13 bits per heavy atom. The molecule has 2 aliphatic heterocycles. The second kappa shape index (κ2) is 5.81. The maximum atomic E-state index is 12.5. The van der Waals surface area contributed by atoms with Gasteiger partial charge in [0, 0.05) is 46.0 Å². The number of imidazole rings is 1. The van der Waals surface area contributed by atoms with Crippen molar-refractivity contribution in [1.82, 2.24) is 19.4 Å². The molecular weight excluding hydrogens is 288 g/mol. The average Bonchev–Trinajstić information content (AvgIpc) is 3.22. The quantitative estimate of drug-likeness (QED) is 0.865. The molecule has 1 amide bonds. The summed E-state index contributed by atoms with van der Waals surface area (Å²) in [6, 6.07) is 10.6. The SMILES string of the molecule is Cn1cnc(C(=O)N2C[C@@H]3CN(Cc4ccccc4)C[C@H]3C2)c1. The fourth-order valence-corrected chi connectivity index (χ4v) is 3.91. The van der Waals surface area contributed by atoms with E-state index in [4.69, 9.17) is 0 Å². The van der Waals surface area contributed by atoms with Gasteiger partial charge in [-0.1, -0.05) is 30.3 Å². The zero-order valence-corrected chi connectivity index (χ0v) is 13.4. The van der Waals surface area contributed by atoms with E-state index in [0.29, 0.717) is 17.5 Å². The van der Waals surface area contributed by atoms with Crippen molar-refractivity contribution in [2.24, 2.45) is 18.9 Å². The molecule has 5 nitrogen and oxygen atoms in total. The van der Waals surface area contributed by atoms with Crippen molar-refractivity contribution >= 4 is 5.91 Å². The highest BCUT2D eigenvalue weighted by Gasteiger charge is 2.41. The van der Waals surface area contributed by atoms with Gasteiger partial charge in [-0.3, -0.25) is 9.69 Å². The average molecular weight is 310 g/mol. The molecule has 3 heterocycles. The first-order chi connectivity index (χ1) is 11.2. The van der Waals surface area contributed by atoms with Crippen LogP contribution < -0.4 is 0 Å². The van der Waals surface area contributed by atoms with Crippen LogP contribution in [-0.2, 0) is 13.6 Å². The highest BCUT2D eigenvalue weighted by atomic mass is 16.2.